The monoisotopic (exact) mass is 349 g/mol. The fourth-order valence-electron chi connectivity index (χ4n) is 2.97. The van der Waals surface area contributed by atoms with Gasteiger partial charge in [-0.15, -0.1) is 11.8 Å². The molecule has 2 aliphatic heterocycles. The number of thioether (sulfide) groups is 1. The van der Waals surface area contributed by atoms with E-state index in [2.05, 4.69) is 17.6 Å². The molecule has 1 aromatic carbocycles. The number of nitrogens with zero attached hydrogens (tertiary/aromatic N) is 1. The van der Waals surface area contributed by atoms with Gasteiger partial charge < -0.3 is 20.3 Å². The van der Waals surface area contributed by atoms with Crippen LogP contribution in [0.3, 0.4) is 0 Å². The molecule has 1 aromatic rings. The van der Waals surface area contributed by atoms with Gasteiger partial charge >= 0.3 is 6.03 Å². The van der Waals surface area contributed by atoms with Crippen LogP contribution in [0.25, 0.3) is 0 Å². The summed E-state index contributed by atoms with van der Waals surface area (Å²) in [6.45, 7) is 4.11. The molecule has 2 saturated heterocycles. The number of carbonyl (C=O) groups is 2. The van der Waals surface area contributed by atoms with E-state index in [0.29, 0.717) is 19.0 Å². The number of rotatable bonds is 5. The smallest absolute Gasteiger partial charge is 0.315 e. The fraction of sp³-hybridized carbons (Fsp3) is 0.529. The lowest BCUT2D eigenvalue weighted by Crippen LogP contribution is -2.53. The number of hydrogen-bond donors (Lipinski definition) is 2. The van der Waals surface area contributed by atoms with E-state index in [-0.39, 0.29) is 22.6 Å². The third-order valence-electron chi connectivity index (χ3n) is 4.47. The Morgan fingerprint density at radius 1 is 1.29 bits per heavy atom. The Hall–Kier alpha value is -1.89. The molecule has 130 valence electrons. The van der Waals surface area contributed by atoms with Crippen molar-refractivity contribution in [2.45, 2.75) is 30.5 Å². The van der Waals surface area contributed by atoms with Gasteiger partial charge in [0, 0.05) is 25.6 Å². The summed E-state index contributed by atoms with van der Waals surface area (Å²) in [6.07, 6.45) is 0.826. The summed E-state index contributed by atoms with van der Waals surface area (Å²) in [6, 6.07) is 7.65. The molecule has 24 heavy (non-hydrogen) atoms. The van der Waals surface area contributed by atoms with Gasteiger partial charge in [0.15, 0.2) is 0 Å². The van der Waals surface area contributed by atoms with Gasteiger partial charge in [0.25, 0.3) is 0 Å². The predicted molar refractivity (Wildman–Crippen MR) is 93.9 cm³/mol. The molecule has 0 radical (unpaired) electrons. The summed E-state index contributed by atoms with van der Waals surface area (Å²) in [5.74, 6) is 1.28. The largest absolute Gasteiger partial charge is 0.497 e. The molecule has 2 N–H and O–H groups in total. The molecular weight excluding hydrogens is 326 g/mol. The molecule has 6 nitrogen and oxygen atoms in total. The van der Waals surface area contributed by atoms with Crippen LogP contribution in [0, 0.1) is 5.92 Å². The van der Waals surface area contributed by atoms with Crippen LogP contribution in [-0.4, -0.2) is 47.7 Å². The van der Waals surface area contributed by atoms with Crippen molar-refractivity contribution in [1.82, 2.24) is 15.5 Å². The number of ether oxygens (including phenoxy) is 1. The second-order valence-corrected chi connectivity index (χ2v) is 7.62. The lowest BCUT2D eigenvalue weighted by molar-refractivity contribution is -0.127. The van der Waals surface area contributed by atoms with Crippen molar-refractivity contribution in [3.63, 3.8) is 0 Å². The van der Waals surface area contributed by atoms with Gasteiger partial charge in [-0.2, -0.15) is 0 Å². The van der Waals surface area contributed by atoms with Crippen molar-refractivity contribution in [2.24, 2.45) is 5.92 Å². The van der Waals surface area contributed by atoms with Crippen LogP contribution in [0.4, 0.5) is 4.79 Å². The quantitative estimate of drug-likeness (QED) is 0.850. The average Bonchev–Trinajstić information content (AvgIpc) is 2.92. The maximum atomic E-state index is 12.6. The second-order valence-electron chi connectivity index (χ2n) is 6.27. The zero-order valence-corrected chi connectivity index (χ0v) is 14.8. The van der Waals surface area contributed by atoms with Crippen LogP contribution in [0.1, 0.15) is 18.9 Å². The molecular formula is C17H23N3O3S. The van der Waals surface area contributed by atoms with Crippen molar-refractivity contribution < 1.29 is 14.3 Å². The Morgan fingerprint density at radius 3 is 2.75 bits per heavy atom. The van der Waals surface area contributed by atoms with Crippen molar-refractivity contribution in [1.29, 1.82) is 0 Å². The van der Waals surface area contributed by atoms with Crippen molar-refractivity contribution >= 4 is 23.7 Å². The third kappa shape index (κ3) is 3.77. The number of benzene rings is 1. The number of likely N-dealkylation sites (tertiary alicyclic amines) is 1. The number of nitrogens with one attached hydrogen (secondary N) is 2. The SMILES string of the molecule is COc1ccc(CN2CCC(SC3NC(=O)NCC3C)C2=O)cc1. The number of urea groups is 1. The van der Waals surface area contributed by atoms with Crippen LogP contribution >= 0.6 is 11.8 Å². The van der Waals surface area contributed by atoms with Crippen LogP contribution in [0.2, 0.25) is 0 Å². The number of amides is 3. The predicted octanol–water partition coefficient (Wildman–Crippen LogP) is 1.80. The zero-order valence-electron chi connectivity index (χ0n) is 14.0. The molecule has 3 atom stereocenters. The highest BCUT2D eigenvalue weighted by atomic mass is 32.2. The third-order valence-corrected chi connectivity index (χ3v) is 6.11. The first kappa shape index (κ1) is 17.0. The number of methoxy groups -OCH3 is 1. The van der Waals surface area contributed by atoms with Gasteiger partial charge in [-0.1, -0.05) is 19.1 Å². The summed E-state index contributed by atoms with van der Waals surface area (Å²) in [5, 5.41) is 5.62. The van der Waals surface area contributed by atoms with E-state index in [0.717, 1.165) is 24.3 Å². The van der Waals surface area contributed by atoms with Gasteiger partial charge in [0.1, 0.15) is 5.75 Å². The van der Waals surface area contributed by atoms with Crippen molar-refractivity contribution in [2.75, 3.05) is 20.2 Å². The Morgan fingerprint density at radius 2 is 2.04 bits per heavy atom. The van der Waals surface area contributed by atoms with E-state index in [1.54, 1.807) is 18.9 Å². The summed E-state index contributed by atoms with van der Waals surface area (Å²) >= 11 is 1.59. The first-order valence-electron chi connectivity index (χ1n) is 8.18. The van der Waals surface area contributed by atoms with E-state index in [9.17, 15) is 9.59 Å². The fourth-order valence-corrected chi connectivity index (χ4v) is 4.37. The topological polar surface area (TPSA) is 70.7 Å². The summed E-state index contributed by atoms with van der Waals surface area (Å²) in [7, 11) is 1.64. The van der Waals surface area contributed by atoms with Gasteiger partial charge in [-0.05, 0) is 24.1 Å². The standard InChI is InChI=1S/C17H23N3O3S/c1-11-9-18-17(22)19-15(11)24-14-7-8-20(16(14)21)10-12-3-5-13(23-2)6-4-12/h3-6,11,14-15H,7-10H2,1-2H3,(H2,18,19,22). The van der Waals surface area contributed by atoms with Crippen LogP contribution in [0.15, 0.2) is 24.3 Å². The number of hydrogen-bond acceptors (Lipinski definition) is 4. The lowest BCUT2D eigenvalue weighted by Gasteiger charge is -2.31. The minimum atomic E-state index is -0.147. The molecule has 0 spiro atoms. The molecule has 3 amide bonds. The maximum Gasteiger partial charge on any atom is 0.315 e. The molecule has 2 fully saturated rings. The van der Waals surface area contributed by atoms with Crippen LogP contribution in [-0.2, 0) is 11.3 Å². The molecule has 0 saturated carbocycles. The molecule has 3 rings (SSSR count). The van der Waals surface area contributed by atoms with E-state index in [1.165, 1.54) is 0 Å². The normalized spacial score (nSPS) is 26.9. The molecule has 0 aliphatic carbocycles. The number of carbonyl (C=O) groups excluding carboxylic acids is 2. The maximum absolute atomic E-state index is 12.6. The Labute approximate surface area is 146 Å². The van der Waals surface area contributed by atoms with Gasteiger partial charge in [-0.3, -0.25) is 4.79 Å². The summed E-state index contributed by atoms with van der Waals surface area (Å²) in [4.78, 5) is 26.0. The molecule has 2 heterocycles. The summed E-state index contributed by atoms with van der Waals surface area (Å²) in [5.41, 5.74) is 1.10. The molecule has 2 aliphatic rings. The van der Waals surface area contributed by atoms with Crippen LogP contribution in [0.5, 0.6) is 5.75 Å². The first-order valence-corrected chi connectivity index (χ1v) is 9.12. The highest BCUT2D eigenvalue weighted by Crippen LogP contribution is 2.31. The Balaban J connectivity index is 1.57. The first-order chi connectivity index (χ1) is 11.6. The molecule has 0 aromatic heterocycles. The van der Waals surface area contributed by atoms with Crippen molar-refractivity contribution in [3.8, 4) is 5.75 Å². The lowest BCUT2D eigenvalue weighted by atomic mass is 10.1. The zero-order chi connectivity index (χ0) is 17.1. The van der Waals surface area contributed by atoms with Gasteiger partial charge in [-0.25, -0.2) is 4.79 Å². The summed E-state index contributed by atoms with van der Waals surface area (Å²) < 4.78 is 5.16. The Bertz CT molecular complexity index is 608. The molecule has 0 bridgehead atoms. The van der Waals surface area contributed by atoms with Gasteiger partial charge in [0.2, 0.25) is 5.91 Å². The van der Waals surface area contributed by atoms with E-state index < -0.39 is 0 Å². The van der Waals surface area contributed by atoms with Crippen molar-refractivity contribution in [3.05, 3.63) is 29.8 Å². The highest BCUT2D eigenvalue weighted by molar-refractivity contribution is 8.01. The van der Waals surface area contributed by atoms with Gasteiger partial charge in [0.05, 0.1) is 17.7 Å². The molecule has 7 heteroatoms. The van der Waals surface area contributed by atoms with E-state index >= 15 is 0 Å². The van der Waals surface area contributed by atoms with Crippen LogP contribution < -0.4 is 15.4 Å². The van der Waals surface area contributed by atoms with E-state index in [4.69, 9.17) is 4.74 Å². The average molecular weight is 349 g/mol. The second kappa shape index (κ2) is 7.34. The Kier molecular flexibility index (Phi) is 5.18. The highest BCUT2D eigenvalue weighted by Gasteiger charge is 2.36. The molecule has 3 unspecified atom stereocenters. The minimum Gasteiger partial charge on any atom is -0.497 e. The minimum absolute atomic E-state index is 0.00589. The van der Waals surface area contributed by atoms with E-state index in [1.807, 2.05) is 29.2 Å².